The summed E-state index contributed by atoms with van der Waals surface area (Å²) in [6.07, 6.45) is 4.86. The van der Waals surface area contributed by atoms with E-state index in [-0.39, 0.29) is 5.92 Å². The molecule has 0 fully saturated rings. The third-order valence-electron chi connectivity index (χ3n) is 9.89. The van der Waals surface area contributed by atoms with Crippen LogP contribution in [0.2, 0.25) is 0 Å². The van der Waals surface area contributed by atoms with Crippen LogP contribution in [0.5, 0.6) is 0 Å². The molecule has 1 aliphatic carbocycles. The summed E-state index contributed by atoms with van der Waals surface area (Å²) in [5.74, 6) is -0.329. The third-order valence-corrected chi connectivity index (χ3v) is 9.89. The first-order chi connectivity index (χ1) is 24.7. The van der Waals surface area contributed by atoms with Crippen LogP contribution in [0.4, 0.5) is 0 Å². The summed E-state index contributed by atoms with van der Waals surface area (Å²) in [5, 5.41) is 34.1. The van der Waals surface area contributed by atoms with Crippen LogP contribution in [-0.4, -0.2) is 9.13 Å². The Bertz CT molecular complexity index is 2890. The molecule has 0 aliphatic heterocycles. The van der Waals surface area contributed by atoms with E-state index >= 15 is 0 Å². The fourth-order valence-corrected chi connectivity index (χ4v) is 7.78. The summed E-state index contributed by atoms with van der Waals surface area (Å²) >= 11 is 0. The van der Waals surface area contributed by atoms with Crippen molar-refractivity contribution in [3.63, 3.8) is 0 Å². The molecule has 8 aromatic rings. The Hall–Kier alpha value is -7.13. The number of hydrogen-bond donors (Lipinski definition) is 0. The molecule has 9 rings (SSSR count). The molecule has 0 saturated heterocycles. The molecular weight excluding hydrogens is 611 g/mol. The van der Waals surface area contributed by atoms with E-state index in [1.165, 1.54) is 0 Å². The van der Waals surface area contributed by atoms with Crippen molar-refractivity contribution in [3.05, 3.63) is 162 Å². The number of rotatable bonds is 4. The predicted octanol–water partition coefficient (Wildman–Crippen LogP) is 10.8. The highest BCUT2D eigenvalue weighted by Crippen LogP contribution is 2.43. The molecule has 0 bridgehead atoms. The van der Waals surface area contributed by atoms with Gasteiger partial charge in [0.05, 0.1) is 63.0 Å². The van der Waals surface area contributed by atoms with Crippen LogP contribution in [-0.2, 0) is 0 Å². The van der Waals surface area contributed by atoms with Crippen LogP contribution in [0, 0.1) is 39.9 Å². The highest BCUT2D eigenvalue weighted by molar-refractivity contribution is 6.13. The molecule has 0 spiro atoms. The molecule has 1 atom stereocenters. The number of fused-ring (bicyclic) bond motifs is 6. The predicted molar refractivity (Wildman–Crippen MR) is 201 cm³/mol. The van der Waals surface area contributed by atoms with E-state index in [2.05, 4.69) is 118 Å². The van der Waals surface area contributed by atoms with Gasteiger partial charge in [0.1, 0.15) is 0 Å². The van der Waals surface area contributed by atoms with E-state index in [0.29, 0.717) is 17.5 Å². The SMILES string of the molecule is N#Cc1ccc2c(c1)c1ccccc1n2C1=C[C@H](C#N)CC(c2ccccc2-c2ccccc2-n2c3ccccc3c3c(C#N)cccc32)=C1. The van der Waals surface area contributed by atoms with Crippen molar-refractivity contribution in [1.29, 1.82) is 15.8 Å². The fraction of sp³-hybridized carbons (Fsp3) is 0.0444. The zero-order valence-electron chi connectivity index (χ0n) is 26.9. The lowest BCUT2D eigenvalue weighted by Gasteiger charge is -2.23. The minimum atomic E-state index is -0.329. The third kappa shape index (κ3) is 4.37. The maximum absolute atomic E-state index is 10.4. The van der Waals surface area contributed by atoms with E-state index < -0.39 is 0 Å². The van der Waals surface area contributed by atoms with Crippen LogP contribution in [0.25, 0.3) is 71.7 Å². The van der Waals surface area contributed by atoms with Crippen LogP contribution in [0.1, 0.15) is 23.1 Å². The second kappa shape index (κ2) is 11.5. The summed E-state index contributed by atoms with van der Waals surface area (Å²) < 4.78 is 4.49. The Balaban J connectivity index is 1.26. The van der Waals surface area contributed by atoms with Gasteiger partial charge in [-0.1, -0.05) is 84.9 Å². The molecule has 0 radical (unpaired) electrons. The van der Waals surface area contributed by atoms with Crippen molar-refractivity contribution in [1.82, 2.24) is 9.13 Å². The number of allylic oxidation sites excluding steroid dienone is 4. The Morgan fingerprint density at radius 3 is 1.98 bits per heavy atom. The summed E-state index contributed by atoms with van der Waals surface area (Å²) in [6.45, 7) is 0. The Morgan fingerprint density at radius 2 is 1.20 bits per heavy atom. The molecule has 2 heterocycles. The number of nitriles is 3. The molecule has 5 heteroatoms. The number of para-hydroxylation sites is 3. The van der Waals surface area contributed by atoms with Crippen LogP contribution in [0.3, 0.4) is 0 Å². The molecule has 6 aromatic carbocycles. The van der Waals surface area contributed by atoms with Crippen LogP contribution >= 0.6 is 0 Å². The van der Waals surface area contributed by atoms with E-state index in [9.17, 15) is 15.8 Å². The summed E-state index contributed by atoms with van der Waals surface area (Å²) in [6, 6.07) is 52.3. The van der Waals surface area contributed by atoms with Gasteiger partial charge in [-0.3, -0.25) is 0 Å². The van der Waals surface area contributed by atoms with Gasteiger partial charge < -0.3 is 9.13 Å². The van der Waals surface area contributed by atoms with Gasteiger partial charge in [-0.15, -0.1) is 0 Å². The van der Waals surface area contributed by atoms with Crippen molar-refractivity contribution >= 4 is 54.9 Å². The van der Waals surface area contributed by atoms with Crippen LogP contribution in [0.15, 0.2) is 146 Å². The topological polar surface area (TPSA) is 81.2 Å². The molecule has 1 aliphatic rings. The van der Waals surface area contributed by atoms with Crippen molar-refractivity contribution in [2.45, 2.75) is 6.42 Å². The fourth-order valence-electron chi connectivity index (χ4n) is 7.78. The lowest BCUT2D eigenvalue weighted by atomic mass is 9.85. The first-order valence-electron chi connectivity index (χ1n) is 16.6. The van der Waals surface area contributed by atoms with Gasteiger partial charge in [-0.05, 0) is 83.8 Å². The molecule has 5 nitrogen and oxygen atoms in total. The van der Waals surface area contributed by atoms with E-state index in [0.717, 1.165) is 77.3 Å². The van der Waals surface area contributed by atoms with E-state index in [1.807, 2.05) is 54.6 Å². The molecule has 0 saturated carbocycles. The van der Waals surface area contributed by atoms with Crippen molar-refractivity contribution < 1.29 is 0 Å². The average molecular weight is 638 g/mol. The number of benzene rings is 6. The van der Waals surface area contributed by atoms with Crippen molar-refractivity contribution in [3.8, 4) is 35.0 Å². The normalized spacial score (nSPS) is 14.3. The zero-order valence-corrected chi connectivity index (χ0v) is 26.9. The molecular formula is C45H27N5. The highest BCUT2D eigenvalue weighted by atomic mass is 15.0. The smallest absolute Gasteiger partial charge is 0.0998 e. The maximum atomic E-state index is 10.4. The minimum absolute atomic E-state index is 0.329. The molecule has 0 N–H and O–H groups in total. The lowest BCUT2D eigenvalue weighted by molar-refractivity contribution is 0.848. The number of nitrogens with zero attached hydrogens (tertiary/aromatic N) is 5. The largest absolute Gasteiger partial charge is 0.310 e. The second-order valence-electron chi connectivity index (χ2n) is 12.6. The van der Waals surface area contributed by atoms with Gasteiger partial charge in [0, 0.05) is 32.8 Å². The van der Waals surface area contributed by atoms with Gasteiger partial charge in [0.25, 0.3) is 0 Å². The van der Waals surface area contributed by atoms with E-state index in [1.54, 1.807) is 0 Å². The van der Waals surface area contributed by atoms with Gasteiger partial charge in [-0.25, -0.2) is 0 Å². The monoisotopic (exact) mass is 637 g/mol. The van der Waals surface area contributed by atoms with E-state index in [4.69, 9.17) is 0 Å². The molecule has 2 aromatic heterocycles. The first kappa shape index (κ1) is 29.0. The van der Waals surface area contributed by atoms with Crippen LogP contribution < -0.4 is 0 Å². The standard InChI is InChI=1S/C45H27N5/c46-26-29-20-21-43-39(24-29)37-14-4-6-16-40(37)49(43)33-23-30(27-47)22-32(25-33)34-11-1-2-12-35(34)36-13-3-7-17-41(36)50-42-18-8-5-15-38(42)45-31(28-48)10-9-19-44(45)50/h1-21,23-25,30H,22H2/t30-/m1/s1. The molecule has 50 heavy (non-hydrogen) atoms. The van der Waals surface area contributed by atoms with Gasteiger partial charge in [0.15, 0.2) is 0 Å². The average Bonchev–Trinajstić information content (AvgIpc) is 3.70. The Labute approximate surface area is 288 Å². The minimum Gasteiger partial charge on any atom is -0.310 e. The summed E-state index contributed by atoms with van der Waals surface area (Å²) in [5.41, 5.74) is 11.5. The lowest BCUT2D eigenvalue weighted by Crippen LogP contribution is -2.07. The Morgan fingerprint density at radius 1 is 0.540 bits per heavy atom. The van der Waals surface area contributed by atoms with Crippen molar-refractivity contribution in [2.24, 2.45) is 5.92 Å². The van der Waals surface area contributed by atoms with Gasteiger partial charge in [0.2, 0.25) is 0 Å². The molecule has 0 unspecified atom stereocenters. The highest BCUT2D eigenvalue weighted by Gasteiger charge is 2.24. The quantitative estimate of drug-likeness (QED) is 0.193. The van der Waals surface area contributed by atoms with Crippen molar-refractivity contribution in [2.75, 3.05) is 0 Å². The summed E-state index contributed by atoms with van der Waals surface area (Å²) in [4.78, 5) is 0. The molecule has 0 amide bonds. The zero-order chi connectivity index (χ0) is 33.8. The Kier molecular flexibility index (Phi) is 6.70. The maximum Gasteiger partial charge on any atom is 0.0998 e. The number of aromatic nitrogens is 2. The van der Waals surface area contributed by atoms with Gasteiger partial charge >= 0.3 is 0 Å². The summed E-state index contributed by atoms with van der Waals surface area (Å²) in [7, 11) is 0. The molecule has 232 valence electrons. The number of hydrogen-bond acceptors (Lipinski definition) is 3. The second-order valence-corrected chi connectivity index (χ2v) is 12.6. The first-order valence-corrected chi connectivity index (χ1v) is 16.6. The van der Waals surface area contributed by atoms with Gasteiger partial charge in [-0.2, -0.15) is 15.8 Å².